The third kappa shape index (κ3) is 9.51. The van der Waals surface area contributed by atoms with Gasteiger partial charge < -0.3 is 5.32 Å². The highest BCUT2D eigenvalue weighted by molar-refractivity contribution is 5.52. The fraction of sp³-hybridized carbons (Fsp3) is 0.571. The van der Waals surface area contributed by atoms with Gasteiger partial charge in [-0.2, -0.15) is 0 Å². The van der Waals surface area contributed by atoms with Crippen LogP contribution in [0.1, 0.15) is 136 Å². The molecule has 0 spiro atoms. The molecule has 0 aromatic rings. The van der Waals surface area contributed by atoms with Crippen LogP contribution in [0.5, 0.6) is 0 Å². The summed E-state index contributed by atoms with van der Waals surface area (Å²) in [6.45, 7) is 8.35. The van der Waals surface area contributed by atoms with Gasteiger partial charge in [0, 0.05) is 18.5 Å². The Morgan fingerprint density at radius 1 is 0.825 bits per heavy atom. The lowest BCUT2D eigenvalue weighted by Crippen LogP contribution is -2.41. The van der Waals surface area contributed by atoms with Crippen LogP contribution in [-0.2, 0) is 0 Å². The minimum absolute atomic E-state index is 0.480. The minimum Gasteiger partial charge on any atom is -0.310 e. The van der Waals surface area contributed by atoms with Crippen molar-refractivity contribution in [2.45, 2.75) is 142 Å². The molecule has 0 amide bonds. The van der Waals surface area contributed by atoms with Gasteiger partial charge in [0.25, 0.3) is 0 Å². The summed E-state index contributed by atoms with van der Waals surface area (Å²) in [5.74, 6) is 5.81. The Morgan fingerprint density at radius 3 is 2.58 bits per heavy atom. The Hall–Kier alpha value is -3.16. The zero-order valence-corrected chi connectivity index (χ0v) is 36.0. The Balaban J connectivity index is 1.02. The lowest BCUT2D eigenvalue weighted by molar-refractivity contribution is 0.276. The maximum absolute atomic E-state index is 4.23. The molecule has 0 bridgehead atoms. The van der Waals surface area contributed by atoms with E-state index < -0.39 is 0 Å². The van der Waals surface area contributed by atoms with Crippen LogP contribution in [0.4, 0.5) is 0 Å². The number of rotatable bonds is 13. The normalized spacial score (nSPS) is 34.4. The van der Waals surface area contributed by atoms with Crippen LogP contribution < -0.4 is 5.32 Å². The molecule has 8 aliphatic rings. The average molecular weight is 762 g/mol. The average Bonchev–Trinajstić information content (AvgIpc) is 3.28. The predicted octanol–water partition coefficient (Wildman–Crippen LogP) is 14.9. The molecule has 0 aromatic heterocycles. The summed E-state index contributed by atoms with van der Waals surface area (Å²) >= 11 is 0. The molecule has 0 aromatic carbocycles. The number of hydrogen-bond donors (Lipinski definition) is 1. The smallest absolute Gasteiger partial charge is 0.0256 e. The number of unbranched alkanes of at least 4 members (excludes halogenated alkanes) is 2. The molecule has 0 radical (unpaired) electrons. The van der Waals surface area contributed by atoms with Gasteiger partial charge in [-0.25, -0.2) is 0 Å². The van der Waals surface area contributed by atoms with Crippen LogP contribution in [0.25, 0.3) is 0 Å². The van der Waals surface area contributed by atoms with Crippen molar-refractivity contribution in [1.29, 1.82) is 0 Å². The molecule has 0 saturated heterocycles. The molecule has 10 atom stereocenters. The zero-order chi connectivity index (χ0) is 39.0. The summed E-state index contributed by atoms with van der Waals surface area (Å²) in [7, 11) is 0. The molecule has 0 aliphatic heterocycles. The minimum atomic E-state index is 0.480. The van der Waals surface area contributed by atoms with Crippen molar-refractivity contribution >= 4 is 0 Å². The first kappa shape index (κ1) is 40.6. The van der Waals surface area contributed by atoms with E-state index >= 15 is 0 Å². The fourth-order valence-corrected chi connectivity index (χ4v) is 12.5. The summed E-state index contributed by atoms with van der Waals surface area (Å²) in [5.41, 5.74) is 11.8. The first-order chi connectivity index (χ1) is 28.1. The SMILES string of the molecule is CCCC/C=C\C(C)C1=CCC(C2=CCC(/C(C)=C3\C=CCCC3C(CNC3C=C[C@H]4CCC=CC4C3)C3=CC=CCC3C3CC=CCC3)CC2)C2=C1C=CCC2. The third-order valence-corrected chi connectivity index (χ3v) is 15.8. The van der Waals surface area contributed by atoms with Crippen LogP contribution >= 0.6 is 0 Å². The van der Waals surface area contributed by atoms with E-state index in [0.717, 1.165) is 18.4 Å². The molecule has 8 rings (SSSR count). The van der Waals surface area contributed by atoms with Crippen LogP contribution in [0, 0.1) is 53.3 Å². The number of hydrogen-bond acceptors (Lipinski definition) is 1. The van der Waals surface area contributed by atoms with E-state index in [0.29, 0.717) is 47.5 Å². The Bertz CT molecular complexity index is 1790. The molecule has 1 heteroatoms. The highest BCUT2D eigenvalue weighted by Gasteiger charge is 2.38. The van der Waals surface area contributed by atoms with Crippen LogP contribution in [-0.4, -0.2) is 12.6 Å². The largest absolute Gasteiger partial charge is 0.310 e. The summed E-state index contributed by atoms with van der Waals surface area (Å²) < 4.78 is 0. The summed E-state index contributed by atoms with van der Waals surface area (Å²) in [5, 5.41) is 4.23. The van der Waals surface area contributed by atoms with Gasteiger partial charge in [-0.15, -0.1) is 0 Å². The topological polar surface area (TPSA) is 12.0 Å². The lowest BCUT2D eigenvalue weighted by atomic mass is 9.65. The molecular formula is C56H75N. The van der Waals surface area contributed by atoms with Gasteiger partial charge in [0.2, 0.25) is 0 Å². The summed E-state index contributed by atoms with van der Waals surface area (Å²) in [6.07, 6.45) is 65.3. The van der Waals surface area contributed by atoms with E-state index in [-0.39, 0.29) is 0 Å². The van der Waals surface area contributed by atoms with E-state index in [1.165, 1.54) is 116 Å². The molecule has 304 valence electrons. The summed E-state index contributed by atoms with van der Waals surface area (Å²) in [6, 6.07) is 0.480. The van der Waals surface area contributed by atoms with Crippen molar-refractivity contribution in [2.75, 3.05) is 6.54 Å². The van der Waals surface area contributed by atoms with Crippen LogP contribution in [0.3, 0.4) is 0 Å². The van der Waals surface area contributed by atoms with E-state index in [2.05, 4.69) is 129 Å². The Kier molecular flexibility index (Phi) is 14.1. The van der Waals surface area contributed by atoms with Crippen molar-refractivity contribution in [3.05, 3.63) is 142 Å². The second-order valence-electron chi connectivity index (χ2n) is 19.2. The van der Waals surface area contributed by atoms with Crippen molar-refractivity contribution < 1.29 is 0 Å². The van der Waals surface area contributed by atoms with Crippen LogP contribution in [0.2, 0.25) is 0 Å². The maximum Gasteiger partial charge on any atom is 0.0256 e. The molecule has 57 heavy (non-hydrogen) atoms. The molecule has 8 aliphatic carbocycles. The number of nitrogens with one attached hydrogen (secondary N) is 1. The van der Waals surface area contributed by atoms with Crippen molar-refractivity contribution in [1.82, 2.24) is 5.32 Å². The second kappa shape index (κ2) is 19.7. The predicted molar refractivity (Wildman–Crippen MR) is 246 cm³/mol. The Labute approximate surface area is 348 Å². The molecular weight excluding hydrogens is 687 g/mol. The maximum atomic E-state index is 4.23. The van der Waals surface area contributed by atoms with E-state index in [4.69, 9.17) is 0 Å². The lowest BCUT2D eigenvalue weighted by Gasteiger charge is -2.41. The summed E-state index contributed by atoms with van der Waals surface area (Å²) in [4.78, 5) is 0. The van der Waals surface area contributed by atoms with Gasteiger partial charge in [-0.1, -0.05) is 152 Å². The van der Waals surface area contributed by atoms with Crippen molar-refractivity contribution in [2.24, 2.45) is 53.3 Å². The van der Waals surface area contributed by atoms with Crippen molar-refractivity contribution in [3.63, 3.8) is 0 Å². The van der Waals surface area contributed by atoms with Gasteiger partial charge in [0.1, 0.15) is 0 Å². The van der Waals surface area contributed by atoms with Gasteiger partial charge in [-0.3, -0.25) is 0 Å². The van der Waals surface area contributed by atoms with Gasteiger partial charge in [0.15, 0.2) is 0 Å². The number of allylic oxidation sites excluding steroid dienone is 22. The van der Waals surface area contributed by atoms with Crippen LogP contribution in [0.15, 0.2) is 142 Å². The first-order valence-electron chi connectivity index (χ1n) is 24.0. The Morgan fingerprint density at radius 2 is 1.72 bits per heavy atom. The van der Waals surface area contributed by atoms with Gasteiger partial charge in [0.05, 0.1) is 0 Å². The fourth-order valence-electron chi connectivity index (χ4n) is 12.5. The third-order valence-electron chi connectivity index (χ3n) is 15.8. The standard InChI is InChI=1S/C56H75N/c1-4-5-6-8-19-40(2)48-36-37-51(54-28-18-17-26-52(48)54)45-32-30-42(31-33-45)41(3)49-24-13-15-27-53(49)56(39-57-47-35-34-43-20-11-12-23-46(43)38-47)55-29-16-14-25-50(55)44-21-9-7-10-22-44/h7-9,12-14,16-17,19,23-24,26,29,32,34-36,40,42-44,46-47,50-51,53,56-57H,4-6,10-11,15,18,20-22,25,27-28,30-31,33,37-39H2,1-3H3/b19-8-,49-41+/t40?,42?,43-,44?,46?,47?,50?,51?,53?,56?/m1/s1. The molecule has 1 nitrogen and oxygen atoms in total. The van der Waals surface area contributed by atoms with E-state index in [9.17, 15) is 0 Å². The van der Waals surface area contributed by atoms with E-state index in [1.807, 2.05) is 0 Å². The second-order valence-corrected chi connectivity index (χ2v) is 19.2. The quantitative estimate of drug-likeness (QED) is 0.146. The van der Waals surface area contributed by atoms with Crippen molar-refractivity contribution in [3.8, 4) is 0 Å². The van der Waals surface area contributed by atoms with Gasteiger partial charge >= 0.3 is 0 Å². The highest BCUT2D eigenvalue weighted by atomic mass is 14.9. The molecule has 0 fully saturated rings. The molecule has 9 unspecified atom stereocenters. The molecule has 0 heterocycles. The van der Waals surface area contributed by atoms with E-state index in [1.54, 1.807) is 39.0 Å². The first-order valence-corrected chi connectivity index (χ1v) is 24.0. The van der Waals surface area contributed by atoms with Gasteiger partial charge in [-0.05, 0) is 174 Å². The highest BCUT2D eigenvalue weighted by Crippen LogP contribution is 2.49. The molecule has 1 N–H and O–H groups in total. The molecule has 0 saturated carbocycles. The monoisotopic (exact) mass is 762 g/mol. The zero-order valence-electron chi connectivity index (χ0n) is 36.0. The number of fused-ring (bicyclic) bond motifs is 1.